The van der Waals surface area contributed by atoms with E-state index in [9.17, 15) is 14.0 Å². The standard InChI is InChI=1S/C22H21FN6O3/c1-15-20-19(22(31)28(24-15)14-18(30)26-10-12-32-13-11-26)21(27-8-2-3-9-27)29(25-20)17-6-4-16(23)5-7-17/h2-9H,10-14H2,1H3. The molecule has 1 aliphatic rings. The van der Waals surface area contributed by atoms with Crippen LogP contribution in [0.4, 0.5) is 4.39 Å². The molecule has 4 aromatic rings. The second kappa shape index (κ2) is 8.04. The Morgan fingerprint density at radius 3 is 2.47 bits per heavy atom. The number of benzene rings is 1. The molecule has 1 saturated heterocycles. The van der Waals surface area contributed by atoms with Gasteiger partial charge < -0.3 is 14.2 Å². The number of carbonyl (C=O) groups is 1. The molecule has 0 unspecified atom stereocenters. The first-order valence-electron chi connectivity index (χ1n) is 10.3. The molecule has 1 aromatic carbocycles. The van der Waals surface area contributed by atoms with Gasteiger partial charge in [-0.1, -0.05) is 0 Å². The lowest BCUT2D eigenvalue weighted by molar-refractivity contribution is -0.136. The van der Waals surface area contributed by atoms with E-state index in [-0.39, 0.29) is 18.3 Å². The van der Waals surface area contributed by atoms with E-state index in [1.165, 1.54) is 16.8 Å². The van der Waals surface area contributed by atoms with Gasteiger partial charge in [0.2, 0.25) is 5.91 Å². The summed E-state index contributed by atoms with van der Waals surface area (Å²) in [5.74, 6) is -0.0513. The van der Waals surface area contributed by atoms with Crippen LogP contribution in [0.15, 0.2) is 53.6 Å². The average molecular weight is 436 g/mol. The largest absolute Gasteiger partial charge is 0.378 e. The molecule has 3 aromatic heterocycles. The van der Waals surface area contributed by atoms with E-state index in [1.54, 1.807) is 45.6 Å². The number of amides is 1. The molecule has 164 valence electrons. The number of morpholine rings is 1. The lowest BCUT2D eigenvalue weighted by Gasteiger charge is -2.26. The summed E-state index contributed by atoms with van der Waals surface area (Å²) >= 11 is 0. The summed E-state index contributed by atoms with van der Waals surface area (Å²) in [4.78, 5) is 27.9. The van der Waals surface area contributed by atoms with Gasteiger partial charge in [-0.25, -0.2) is 13.8 Å². The van der Waals surface area contributed by atoms with Crippen molar-refractivity contribution in [1.29, 1.82) is 0 Å². The zero-order valence-corrected chi connectivity index (χ0v) is 17.4. The molecule has 0 aliphatic carbocycles. The number of fused-ring (bicyclic) bond motifs is 1. The molecule has 10 heteroatoms. The Morgan fingerprint density at radius 1 is 1.09 bits per heavy atom. The lowest BCUT2D eigenvalue weighted by atomic mass is 10.2. The zero-order valence-electron chi connectivity index (χ0n) is 17.4. The van der Waals surface area contributed by atoms with Crippen molar-refractivity contribution in [3.63, 3.8) is 0 Å². The summed E-state index contributed by atoms with van der Waals surface area (Å²) in [5, 5.41) is 9.32. The van der Waals surface area contributed by atoms with E-state index in [0.29, 0.717) is 54.4 Å². The summed E-state index contributed by atoms with van der Waals surface area (Å²) in [7, 11) is 0. The van der Waals surface area contributed by atoms with Gasteiger partial charge in [0.1, 0.15) is 23.3 Å². The third kappa shape index (κ3) is 3.48. The first-order valence-corrected chi connectivity index (χ1v) is 10.3. The van der Waals surface area contributed by atoms with Gasteiger partial charge in [0.05, 0.1) is 24.6 Å². The van der Waals surface area contributed by atoms with Crippen LogP contribution >= 0.6 is 0 Å². The van der Waals surface area contributed by atoms with E-state index in [2.05, 4.69) is 10.2 Å². The summed E-state index contributed by atoms with van der Waals surface area (Å²) in [6, 6.07) is 9.54. The zero-order chi connectivity index (χ0) is 22.2. The molecule has 9 nitrogen and oxygen atoms in total. The smallest absolute Gasteiger partial charge is 0.280 e. The van der Waals surface area contributed by atoms with Crippen LogP contribution in [0.1, 0.15) is 5.69 Å². The second-order valence-corrected chi connectivity index (χ2v) is 7.57. The molecule has 0 N–H and O–H groups in total. The van der Waals surface area contributed by atoms with Gasteiger partial charge in [-0.3, -0.25) is 9.59 Å². The lowest BCUT2D eigenvalue weighted by Crippen LogP contribution is -2.43. The second-order valence-electron chi connectivity index (χ2n) is 7.57. The Bertz CT molecular complexity index is 1340. The van der Waals surface area contributed by atoms with E-state index >= 15 is 0 Å². The maximum absolute atomic E-state index is 13.5. The molecule has 1 fully saturated rings. The fraction of sp³-hybridized carbons (Fsp3) is 0.273. The van der Waals surface area contributed by atoms with Crippen molar-refractivity contribution in [2.24, 2.45) is 0 Å². The first-order chi connectivity index (χ1) is 15.5. The number of hydrogen-bond donors (Lipinski definition) is 0. The highest BCUT2D eigenvalue weighted by atomic mass is 19.1. The Hall–Kier alpha value is -3.79. The van der Waals surface area contributed by atoms with E-state index in [1.807, 2.05) is 12.1 Å². The van der Waals surface area contributed by atoms with Crippen molar-refractivity contribution in [1.82, 2.24) is 29.0 Å². The van der Waals surface area contributed by atoms with Gasteiger partial charge in [0.25, 0.3) is 5.56 Å². The molecule has 32 heavy (non-hydrogen) atoms. The van der Waals surface area contributed by atoms with Gasteiger partial charge in [0, 0.05) is 25.5 Å². The van der Waals surface area contributed by atoms with Crippen LogP contribution in [0.2, 0.25) is 0 Å². The maximum Gasteiger partial charge on any atom is 0.280 e. The van der Waals surface area contributed by atoms with Gasteiger partial charge in [-0.05, 0) is 43.3 Å². The van der Waals surface area contributed by atoms with Crippen molar-refractivity contribution in [3.05, 3.63) is 70.7 Å². The summed E-state index contributed by atoms with van der Waals surface area (Å²) in [5.41, 5.74) is 1.13. The van der Waals surface area contributed by atoms with Crippen LogP contribution in [-0.2, 0) is 16.1 Å². The normalized spacial score (nSPS) is 14.2. The Labute approximate surface area is 182 Å². The number of aromatic nitrogens is 5. The van der Waals surface area contributed by atoms with E-state index in [0.717, 1.165) is 0 Å². The summed E-state index contributed by atoms with van der Waals surface area (Å²) < 4.78 is 23.3. The number of aryl methyl sites for hydroxylation is 1. The van der Waals surface area contributed by atoms with E-state index < -0.39 is 5.56 Å². The molecule has 4 heterocycles. The maximum atomic E-state index is 13.5. The van der Waals surface area contributed by atoms with Gasteiger partial charge >= 0.3 is 0 Å². The van der Waals surface area contributed by atoms with Crippen molar-refractivity contribution < 1.29 is 13.9 Å². The van der Waals surface area contributed by atoms with Crippen LogP contribution in [0.5, 0.6) is 0 Å². The number of halogens is 1. The third-order valence-electron chi connectivity index (χ3n) is 5.49. The van der Waals surface area contributed by atoms with Crippen molar-refractivity contribution >= 4 is 16.8 Å². The molecule has 5 rings (SSSR count). The molecule has 1 amide bonds. The van der Waals surface area contributed by atoms with Crippen molar-refractivity contribution in [3.8, 4) is 11.5 Å². The first kappa shape index (κ1) is 20.1. The topological polar surface area (TPSA) is 87.2 Å². The molecule has 1 aliphatic heterocycles. The number of hydrogen-bond acceptors (Lipinski definition) is 5. The number of nitrogens with zero attached hydrogens (tertiary/aromatic N) is 6. The Balaban J connectivity index is 1.67. The number of ether oxygens (including phenoxy) is 1. The molecular weight excluding hydrogens is 415 g/mol. The Morgan fingerprint density at radius 2 is 1.78 bits per heavy atom. The van der Waals surface area contributed by atoms with E-state index in [4.69, 9.17) is 4.74 Å². The SMILES string of the molecule is Cc1nn(CC(=O)N2CCOCC2)c(=O)c2c(-n3cccc3)n(-c3ccc(F)cc3)nc12. The molecule has 0 atom stereocenters. The fourth-order valence-electron chi connectivity index (χ4n) is 3.89. The van der Waals surface area contributed by atoms with Gasteiger partial charge in [-0.15, -0.1) is 0 Å². The highest BCUT2D eigenvalue weighted by Gasteiger charge is 2.24. The average Bonchev–Trinajstić information content (AvgIpc) is 3.46. The van der Waals surface area contributed by atoms with Crippen LogP contribution in [0.25, 0.3) is 22.4 Å². The van der Waals surface area contributed by atoms with Crippen LogP contribution in [0, 0.1) is 12.7 Å². The highest BCUT2D eigenvalue weighted by molar-refractivity contribution is 5.88. The van der Waals surface area contributed by atoms with Crippen LogP contribution in [0.3, 0.4) is 0 Å². The fourth-order valence-corrected chi connectivity index (χ4v) is 3.89. The molecule has 0 bridgehead atoms. The van der Waals surface area contributed by atoms with Crippen LogP contribution < -0.4 is 5.56 Å². The highest BCUT2D eigenvalue weighted by Crippen LogP contribution is 2.24. The predicted molar refractivity (Wildman–Crippen MR) is 115 cm³/mol. The van der Waals surface area contributed by atoms with Crippen molar-refractivity contribution in [2.75, 3.05) is 26.3 Å². The summed E-state index contributed by atoms with van der Waals surface area (Å²) in [6.45, 7) is 3.53. The molecule has 0 radical (unpaired) electrons. The van der Waals surface area contributed by atoms with Crippen LogP contribution in [-0.4, -0.2) is 61.2 Å². The Kier molecular flexibility index (Phi) is 5.06. The minimum absolute atomic E-state index is 0.164. The molecular formula is C22H21FN6O3. The quantitative estimate of drug-likeness (QED) is 0.486. The molecule has 0 spiro atoms. The predicted octanol–water partition coefficient (Wildman–Crippen LogP) is 1.68. The monoisotopic (exact) mass is 436 g/mol. The molecule has 0 saturated carbocycles. The minimum Gasteiger partial charge on any atom is -0.378 e. The number of carbonyl (C=O) groups excluding carboxylic acids is 1. The van der Waals surface area contributed by atoms with Gasteiger partial charge in [-0.2, -0.15) is 10.2 Å². The van der Waals surface area contributed by atoms with Crippen molar-refractivity contribution in [2.45, 2.75) is 13.5 Å². The third-order valence-corrected chi connectivity index (χ3v) is 5.49. The number of rotatable bonds is 4. The van der Waals surface area contributed by atoms with Gasteiger partial charge in [0.15, 0.2) is 5.82 Å². The minimum atomic E-state index is -0.413. The summed E-state index contributed by atoms with van der Waals surface area (Å²) in [6.07, 6.45) is 3.60.